The van der Waals surface area contributed by atoms with Gasteiger partial charge in [0.2, 0.25) is 0 Å². The minimum atomic E-state index is 1.01. The van der Waals surface area contributed by atoms with Gasteiger partial charge in [0.15, 0.2) is 0 Å². The van der Waals surface area contributed by atoms with Crippen molar-refractivity contribution in [3.05, 3.63) is 120 Å². The molecule has 0 heterocycles. The molecule has 0 aliphatic carbocycles. The first-order valence-corrected chi connectivity index (χ1v) is 9.52. The van der Waals surface area contributed by atoms with Gasteiger partial charge in [-0.1, -0.05) is 104 Å². The summed E-state index contributed by atoms with van der Waals surface area (Å²) in [4.78, 5) is 0. The van der Waals surface area contributed by atoms with Crippen molar-refractivity contribution < 1.29 is 0 Å². The molecule has 5 aromatic rings. The van der Waals surface area contributed by atoms with Crippen LogP contribution in [0.15, 0.2) is 104 Å². The highest BCUT2D eigenvalue weighted by molar-refractivity contribution is 6.25. The molecule has 0 radical (unpaired) electrons. The maximum Gasteiger partial charge on any atom is -0.00928 e. The normalized spacial score (nSPS) is 12.4. The Morgan fingerprint density at radius 1 is 0.571 bits per heavy atom. The van der Waals surface area contributed by atoms with Gasteiger partial charge in [-0.25, -0.2) is 0 Å². The van der Waals surface area contributed by atoms with Crippen LogP contribution in [0.1, 0.15) is 5.56 Å². The summed E-state index contributed by atoms with van der Waals surface area (Å²) in [5.41, 5.74) is 2.28. The Bertz CT molecular complexity index is 1450. The summed E-state index contributed by atoms with van der Waals surface area (Å²) in [6.07, 6.45) is 1.94. The molecule has 0 fully saturated rings. The van der Waals surface area contributed by atoms with Crippen LogP contribution in [0, 0.1) is 0 Å². The fourth-order valence-corrected chi connectivity index (χ4v) is 4.24. The molecule has 0 saturated heterocycles. The van der Waals surface area contributed by atoms with Crippen molar-refractivity contribution in [2.24, 2.45) is 0 Å². The lowest BCUT2D eigenvalue weighted by Gasteiger charge is -2.12. The molecular weight excluding hydrogens is 336 g/mol. The molecule has 0 nitrogen and oxygen atoms in total. The Hall–Kier alpha value is -3.64. The van der Waals surface area contributed by atoms with Gasteiger partial charge in [0.25, 0.3) is 0 Å². The van der Waals surface area contributed by atoms with Crippen molar-refractivity contribution in [3.8, 4) is 0 Å². The molecule has 0 spiro atoms. The number of hydrogen-bond donors (Lipinski definition) is 0. The largest absolute Gasteiger partial charge is 0.0984 e. The first-order valence-electron chi connectivity index (χ1n) is 9.52. The molecule has 0 aromatic heterocycles. The zero-order valence-electron chi connectivity index (χ0n) is 15.7. The zero-order chi connectivity index (χ0) is 19.1. The van der Waals surface area contributed by atoms with Crippen LogP contribution < -0.4 is 10.4 Å². The lowest BCUT2D eigenvalue weighted by atomic mass is 9.91. The summed E-state index contributed by atoms with van der Waals surface area (Å²) in [6.45, 7) is 8.28. The van der Waals surface area contributed by atoms with Crippen LogP contribution in [0.2, 0.25) is 0 Å². The van der Waals surface area contributed by atoms with Gasteiger partial charge in [0.05, 0.1) is 0 Å². The molecule has 5 aromatic carbocycles. The van der Waals surface area contributed by atoms with Gasteiger partial charge in [-0.05, 0) is 60.0 Å². The molecular formula is C28H20. The van der Waals surface area contributed by atoms with E-state index in [1.165, 1.54) is 37.9 Å². The number of benzene rings is 5. The van der Waals surface area contributed by atoms with E-state index in [9.17, 15) is 0 Å². The highest BCUT2D eigenvalue weighted by Gasteiger charge is 2.09. The second-order valence-electron chi connectivity index (χ2n) is 7.13. The van der Waals surface area contributed by atoms with Crippen molar-refractivity contribution in [1.82, 2.24) is 0 Å². The molecule has 0 amide bonds. The minimum Gasteiger partial charge on any atom is -0.0984 e. The van der Waals surface area contributed by atoms with Crippen LogP contribution in [0.25, 0.3) is 44.5 Å². The number of allylic oxidation sites excluding steroid dienone is 1. The Kier molecular flexibility index (Phi) is 3.84. The van der Waals surface area contributed by atoms with E-state index >= 15 is 0 Å². The van der Waals surface area contributed by atoms with E-state index in [0.29, 0.717) is 0 Å². The maximum atomic E-state index is 4.20. The van der Waals surface area contributed by atoms with E-state index in [1.54, 1.807) is 0 Å². The summed E-state index contributed by atoms with van der Waals surface area (Å²) >= 11 is 0. The monoisotopic (exact) mass is 356 g/mol. The molecule has 28 heavy (non-hydrogen) atoms. The maximum absolute atomic E-state index is 4.20. The van der Waals surface area contributed by atoms with Crippen molar-refractivity contribution in [1.29, 1.82) is 0 Å². The van der Waals surface area contributed by atoms with Crippen molar-refractivity contribution >= 4 is 44.5 Å². The third-order valence-electron chi connectivity index (χ3n) is 5.57. The van der Waals surface area contributed by atoms with Gasteiger partial charge in [0, 0.05) is 0 Å². The summed E-state index contributed by atoms with van der Waals surface area (Å²) in [6, 6.07) is 32.3. The van der Waals surface area contributed by atoms with Gasteiger partial charge in [-0.3, -0.25) is 0 Å². The Morgan fingerprint density at radius 2 is 1.07 bits per heavy atom. The van der Waals surface area contributed by atoms with Crippen LogP contribution >= 0.6 is 0 Å². The van der Waals surface area contributed by atoms with E-state index < -0.39 is 0 Å². The van der Waals surface area contributed by atoms with Gasteiger partial charge in [0.1, 0.15) is 0 Å². The van der Waals surface area contributed by atoms with Crippen molar-refractivity contribution in [3.63, 3.8) is 0 Å². The highest BCUT2D eigenvalue weighted by Crippen LogP contribution is 2.35. The van der Waals surface area contributed by atoms with Crippen LogP contribution in [-0.2, 0) is 0 Å². The molecule has 5 rings (SSSR count). The van der Waals surface area contributed by atoms with Crippen LogP contribution in [0.4, 0.5) is 0 Å². The topological polar surface area (TPSA) is 0 Å². The van der Waals surface area contributed by atoms with Crippen LogP contribution in [0.5, 0.6) is 0 Å². The summed E-state index contributed by atoms with van der Waals surface area (Å²) in [5, 5.41) is 9.86. The first kappa shape index (κ1) is 16.5. The lowest BCUT2D eigenvalue weighted by Crippen LogP contribution is -2.24. The molecule has 0 aliphatic heterocycles. The molecule has 0 saturated carbocycles. The van der Waals surface area contributed by atoms with Crippen molar-refractivity contribution in [2.45, 2.75) is 0 Å². The molecule has 0 bridgehead atoms. The van der Waals surface area contributed by atoms with Gasteiger partial charge < -0.3 is 0 Å². The fraction of sp³-hybridized carbons (Fsp3) is 0. The fourth-order valence-electron chi connectivity index (χ4n) is 4.24. The standard InChI is InChI=1S/C28H20/c1-3-21(22-11-5-4-10-19(22)2)20-16-17-27-25-14-7-6-12-23(25)24-13-8-9-15-26(24)28(27)18-20/h3-18H,1-2H2/b22-21+. The number of rotatable bonds is 2. The summed E-state index contributed by atoms with van der Waals surface area (Å²) in [5.74, 6) is 0. The third kappa shape index (κ3) is 2.46. The van der Waals surface area contributed by atoms with Crippen LogP contribution in [0.3, 0.4) is 0 Å². The van der Waals surface area contributed by atoms with Crippen LogP contribution in [-0.4, -0.2) is 0 Å². The van der Waals surface area contributed by atoms with Gasteiger partial charge in [-0.2, -0.15) is 0 Å². The predicted molar refractivity (Wildman–Crippen MR) is 123 cm³/mol. The van der Waals surface area contributed by atoms with E-state index in [0.717, 1.165) is 16.0 Å². The lowest BCUT2D eigenvalue weighted by molar-refractivity contribution is 1.49. The second-order valence-corrected chi connectivity index (χ2v) is 7.13. The highest BCUT2D eigenvalue weighted by atomic mass is 14.1. The van der Waals surface area contributed by atoms with Gasteiger partial charge in [-0.15, -0.1) is 0 Å². The second kappa shape index (κ2) is 6.51. The first-order chi connectivity index (χ1) is 13.8. The Balaban J connectivity index is 1.96. The average Bonchev–Trinajstić information content (AvgIpc) is 2.76. The summed E-state index contributed by atoms with van der Waals surface area (Å²) < 4.78 is 0. The van der Waals surface area contributed by atoms with Crippen molar-refractivity contribution in [2.75, 3.05) is 0 Å². The molecule has 0 N–H and O–H groups in total. The number of hydrogen-bond acceptors (Lipinski definition) is 0. The zero-order valence-corrected chi connectivity index (χ0v) is 15.7. The number of fused-ring (bicyclic) bond motifs is 6. The predicted octanol–water partition coefficient (Wildman–Crippen LogP) is 5.94. The minimum absolute atomic E-state index is 1.01. The molecule has 0 aliphatic rings. The van der Waals surface area contributed by atoms with E-state index in [1.807, 2.05) is 18.2 Å². The Morgan fingerprint density at radius 3 is 1.64 bits per heavy atom. The third-order valence-corrected chi connectivity index (χ3v) is 5.57. The average molecular weight is 356 g/mol. The Labute approximate surface area is 164 Å². The molecule has 132 valence electrons. The molecule has 0 heteroatoms. The van der Waals surface area contributed by atoms with E-state index in [-0.39, 0.29) is 0 Å². The van der Waals surface area contributed by atoms with Gasteiger partial charge >= 0.3 is 0 Å². The smallest absolute Gasteiger partial charge is 0.00928 e. The summed E-state index contributed by atoms with van der Waals surface area (Å²) in [7, 11) is 0. The molecule has 0 unspecified atom stereocenters. The van der Waals surface area contributed by atoms with E-state index in [4.69, 9.17) is 0 Å². The molecule has 0 atom stereocenters. The quantitative estimate of drug-likeness (QED) is 0.343. The SMILES string of the molecule is C=C/C(c1ccc2c3ccccc3c3ccccc3c2c1)=c1/ccccc1=C. The van der Waals surface area contributed by atoms with E-state index in [2.05, 4.69) is 92.0 Å².